The number of ether oxygens (including phenoxy) is 1. The lowest BCUT2D eigenvalue weighted by Gasteiger charge is -2.46. The number of rotatable bonds is 2. The maximum atomic E-state index is 13.8. The van der Waals surface area contributed by atoms with E-state index in [-0.39, 0.29) is 17.1 Å². The van der Waals surface area contributed by atoms with Crippen LogP contribution in [0.3, 0.4) is 0 Å². The first-order chi connectivity index (χ1) is 15.2. The van der Waals surface area contributed by atoms with E-state index >= 15 is 0 Å². The molecule has 0 aromatic heterocycles. The lowest BCUT2D eigenvalue weighted by atomic mass is 9.61. The summed E-state index contributed by atoms with van der Waals surface area (Å²) in [7, 11) is 1.68. The topological polar surface area (TPSA) is 41.6 Å². The van der Waals surface area contributed by atoms with Crippen LogP contribution >= 0.6 is 12.2 Å². The Kier molecular flexibility index (Phi) is 5.21. The summed E-state index contributed by atoms with van der Waals surface area (Å²) in [6.07, 6.45) is 6.40. The molecule has 5 aliphatic rings. The molecule has 2 unspecified atom stereocenters. The molecular formula is C24H27F3N2O2S. The number of thiocarbonyl (C=S) groups is 1. The monoisotopic (exact) mass is 464 g/mol. The molecule has 1 amide bonds. The second-order valence-corrected chi connectivity index (χ2v) is 10.2. The summed E-state index contributed by atoms with van der Waals surface area (Å²) in [5, 5.41) is 3.04. The molecule has 2 spiro atoms. The smallest absolute Gasteiger partial charge is 0.381 e. The molecule has 8 heteroatoms. The number of alkyl halides is 3. The second-order valence-electron chi connectivity index (χ2n) is 9.84. The summed E-state index contributed by atoms with van der Waals surface area (Å²) < 4.78 is 45.4. The first-order valence-corrected chi connectivity index (χ1v) is 11.8. The van der Waals surface area contributed by atoms with Gasteiger partial charge < -0.3 is 10.1 Å². The number of methoxy groups -OCH3 is 1. The highest BCUT2D eigenvalue weighted by Crippen LogP contribution is 2.63. The first kappa shape index (κ1) is 22.0. The lowest BCUT2D eigenvalue weighted by Crippen LogP contribution is -2.59. The van der Waals surface area contributed by atoms with E-state index < -0.39 is 29.6 Å². The molecule has 4 fully saturated rings. The normalized spacial score (nSPS) is 36.6. The third-order valence-corrected chi connectivity index (χ3v) is 8.23. The van der Waals surface area contributed by atoms with Crippen molar-refractivity contribution in [1.82, 2.24) is 10.2 Å². The molecular weight excluding hydrogens is 437 g/mol. The summed E-state index contributed by atoms with van der Waals surface area (Å²) in [6.45, 7) is -1.36. The highest BCUT2D eigenvalue weighted by Gasteiger charge is 2.70. The highest BCUT2D eigenvalue weighted by atomic mass is 32.1. The summed E-state index contributed by atoms with van der Waals surface area (Å²) in [4.78, 5) is 14.6. The maximum Gasteiger partial charge on any atom is 0.406 e. The highest BCUT2D eigenvalue weighted by molar-refractivity contribution is 7.80. The lowest BCUT2D eigenvalue weighted by molar-refractivity contribution is -0.155. The molecule has 1 aliphatic heterocycles. The Morgan fingerprint density at radius 2 is 2.00 bits per heavy atom. The zero-order valence-corrected chi connectivity index (χ0v) is 18.9. The van der Waals surface area contributed by atoms with E-state index in [1.54, 1.807) is 7.11 Å². The third kappa shape index (κ3) is 3.49. The summed E-state index contributed by atoms with van der Waals surface area (Å²) in [6, 6.07) is 0. The van der Waals surface area contributed by atoms with Crippen molar-refractivity contribution in [2.75, 3.05) is 13.7 Å². The predicted molar refractivity (Wildman–Crippen MR) is 117 cm³/mol. The van der Waals surface area contributed by atoms with Crippen LogP contribution < -0.4 is 5.32 Å². The quantitative estimate of drug-likeness (QED) is 0.490. The first-order valence-electron chi connectivity index (χ1n) is 11.3. The van der Waals surface area contributed by atoms with Crippen LogP contribution in [0.25, 0.3) is 0 Å². The van der Waals surface area contributed by atoms with E-state index in [4.69, 9.17) is 17.0 Å². The number of fused-ring (bicyclic) bond motifs is 3. The van der Waals surface area contributed by atoms with Crippen LogP contribution in [-0.4, -0.2) is 47.4 Å². The number of hydrogen-bond acceptors (Lipinski definition) is 3. The van der Waals surface area contributed by atoms with Crippen LogP contribution in [0.4, 0.5) is 13.2 Å². The second kappa shape index (κ2) is 7.59. The van der Waals surface area contributed by atoms with Gasteiger partial charge in [-0.1, -0.05) is 17.9 Å². The number of allylic oxidation sites excluding steroid dienone is 3. The molecule has 3 saturated carbocycles. The zero-order chi connectivity index (χ0) is 22.7. The molecule has 0 bridgehead atoms. The minimum Gasteiger partial charge on any atom is -0.381 e. The number of nitrogens with one attached hydrogen (secondary N) is 1. The van der Waals surface area contributed by atoms with E-state index in [0.29, 0.717) is 18.8 Å². The number of hydrogen-bond donors (Lipinski definition) is 1. The molecule has 1 heterocycles. The Labute approximate surface area is 191 Å². The molecule has 1 N–H and O–H groups in total. The van der Waals surface area contributed by atoms with Gasteiger partial charge in [-0.25, -0.2) is 0 Å². The summed E-state index contributed by atoms with van der Waals surface area (Å²) in [5.74, 6) is 6.49. The average molecular weight is 465 g/mol. The fraction of sp³-hybridized carbons (Fsp3) is 0.667. The van der Waals surface area contributed by atoms with Crippen molar-refractivity contribution in [2.24, 2.45) is 17.3 Å². The van der Waals surface area contributed by atoms with Crippen molar-refractivity contribution in [1.29, 1.82) is 0 Å². The van der Waals surface area contributed by atoms with Gasteiger partial charge in [-0.2, -0.15) is 13.2 Å². The van der Waals surface area contributed by atoms with Crippen molar-refractivity contribution in [3.63, 3.8) is 0 Å². The molecule has 5 rings (SSSR count). The number of amides is 1. The Morgan fingerprint density at radius 1 is 1.28 bits per heavy atom. The molecule has 1 saturated heterocycles. The van der Waals surface area contributed by atoms with Gasteiger partial charge in [0, 0.05) is 24.0 Å². The van der Waals surface area contributed by atoms with Crippen molar-refractivity contribution in [3.8, 4) is 11.8 Å². The molecule has 0 radical (unpaired) electrons. The average Bonchev–Trinajstić information content (AvgIpc) is 3.50. The largest absolute Gasteiger partial charge is 0.406 e. The Morgan fingerprint density at radius 3 is 2.62 bits per heavy atom. The molecule has 0 aromatic rings. The molecule has 2 atom stereocenters. The minimum absolute atomic E-state index is 0.102. The fourth-order valence-electron chi connectivity index (χ4n) is 6.19. The van der Waals surface area contributed by atoms with Gasteiger partial charge in [-0.3, -0.25) is 9.69 Å². The third-order valence-electron chi connectivity index (χ3n) is 7.90. The van der Waals surface area contributed by atoms with Crippen molar-refractivity contribution in [3.05, 3.63) is 23.3 Å². The van der Waals surface area contributed by atoms with Crippen LogP contribution in [-0.2, 0) is 9.53 Å². The SMILES string of the molecule is COC1CCC2(CC1)CC1CC=C(C#CC3CC3)C=C1C21NC(=S)N(CC(F)(F)F)C1=O. The number of nitrogens with zero attached hydrogens (tertiary/aromatic N) is 1. The van der Waals surface area contributed by atoms with E-state index in [9.17, 15) is 18.0 Å². The molecule has 0 aromatic carbocycles. The van der Waals surface area contributed by atoms with Gasteiger partial charge in [0.25, 0.3) is 5.91 Å². The van der Waals surface area contributed by atoms with Crippen LogP contribution in [0.1, 0.15) is 51.4 Å². The van der Waals surface area contributed by atoms with Crippen LogP contribution in [0.2, 0.25) is 0 Å². The van der Waals surface area contributed by atoms with Gasteiger partial charge in [0.1, 0.15) is 12.1 Å². The van der Waals surface area contributed by atoms with Gasteiger partial charge in [0.15, 0.2) is 5.11 Å². The van der Waals surface area contributed by atoms with Gasteiger partial charge in [0.05, 0.1) is 6.10 Å². The predicted octanol–water partition coefficient (Wildman–Crippen LogP) is 4.27. The molecule has 4 nitrogen and oxygen atoms in total. The Hall–Kier alpha value is -1.85. The van der Waals surface area contributed by atoms with E-state index in [0.717, 1.165) is 54.6 Å². The summed E-state index contributed by atoms with van der Waals surface area (Å²) in [5.41, 5.74) is 0.0279. The Bertz CT molecular complexity index is 964. The van der Waals surface area contributed by atoms with Gasteiger partial charge in [0.2, 0.25) is 0 Å². The van der Waals surface area contributed by atoms with E-state index in [1.807, 2.05) is 6.08 Å². The van der Waals surface area contributed by atoms with Crippen LogP contribution in [0.5, 0.6) is 0 Å². The number of carbonyl (C=O) groups excluding carboxylic acids is 1. The van der Waals surface area contributed by atoms with Crippen molar-refractivity contribution >= 4 is 23.2 Å². The summed E-state index contributed by atoms with van der Waals surface area (Å²) >= 11 is 5.31. The van der Waals surface area contributed by atoms with E-state index in [2.05, 4.69) is 23.2 Å². The molecule has 172 valence electrons. The van der Waals surface area contributed by atoms with Gasteiger partial charge in [-0.15, -0.1) is 0 Å². The minimum atomic E-state index is -4.52. The number of halogens is 3. The van der Waals surface area contributed by atoms with Crippen LogP contribution in [0.15, 0.2) is 23.3 Å². The maximum absolute atomic E-state index is 13.8. The van der Waals surface area contributed by atoms with Gasteiger partial charge >= 0.3 is 6.18 Å². The molecule has 4 aliphatic carbocycles. The van der Waals surface area contributed by atoms with Crippen LogP contribution in [0, 0.1) is 29.1 Å². The number of carbonyl (C=O) groups is 1. The van der Waals surface area contributed by atoms with Gasteiger partial charge in [-0.05, 0) is 81.2 Å². The van der Waals surface area contributed by atoms with Crippen molar-refractivity contribution < 1.29 is 22.7 Å². The Balaban J connectivity index is 1.56. The standard InChI is InChI=1S/C24H27F3N2O2S/c1-31-18-8-10-22(11-9-18)13-17-7-6-16(5-4-15-2-3-15)12-19(17)24(22)20(30)29(21(32)28-24)14-23(25,26)27/h6,12,15,17-18H,2-3,7-11,13-14H2,1H3,(H,28,32). The zero-order valence-electron chi connectivity index (χ0n) is 18.1. The van der Waals surface area contributed by atoms with E-state index in [1.165, 1.54) is 0 Å². The molecule has 32 heavy (non-hydrogen) atoms. The van der Waals surface area contributed by atoms with Crippen molar-refractivity contribution in [2.45, 2.75) is 69.2 Å². The fourth-order valence-corrected chi connectivity index (χ4v) is 6.49.